The zero-order valence-corrected chi connectivity index (χ0v) is 23.3. The summed E-state index contributed by atoms with van der Waals surface area (Å²) < 4.78 is 5.42. The number of amides is 3. The fourth-order valence-electron chi connectivity index (χ4n) is 3.79. The number of nitrogens with zero attached hydrogens (tertiary/aromatic N) is 2. The first kappa shape index (κ1) is 33.9. The van der Waals surface area contributed by atoms with E-state index in [1.807, 2.05) is 0 Å². The van der Waals surface area contributed by atoms with Gasteiger partial charge in [-0.05, 0) is 30.5 Å². The van der Waals surface area contributed by atoms with Gasteiger partial charge in [0.1, 0.15) is 23.2 Å². The van der Waals surface area contributed by atoms with Crippen LogP contribution in [-0.4, -0.2) is 77.7 Å². The number of carbonyl (C=O) groups excluding carboxylic acids is 3. The number of nitrogens with one attached hydrogen (secondary N) is 4. The molecule has 7 N–H and O–H groups in total. The number of carbonyl (C=O) groups is 4. The lowest BCUT2D eigenvalue weighted by molar-refractivity contribution is -0.485. The highest BCUT2D eigenvalue weighted by molar-refractivity contribution is 5.98. The van der Waals surface area contributed by atoms with Crippen molar-refractivity contribution in [1.82, 2.24) is 21.3 Å². The van der Waals surface area contributed by atoms with Crippen molar-refractivity contribution in [2.45, 2.75) is 37.4 Å². The number of hydrogen-bond donors (Lipinski definition) is 6. The van der Waals surface area contributed by atoms with E-state index >= 15 is 0 Å². The second kappa shape index (κ2) is 18.2. The van der Waals surface area contributed by atoms with Crippen LogP contribution in [0.2, 0.25) is 0 Å². The topological polar surface area (TPSA) is 227 Å². The molecule has 15 nitrogen and oxygen atoms in total. The van der Waals surface area contributed by atoms with E-state index in [9.17, 15) is 34.4 Å². The minimum Gasteiger partial charge on any atom is -0.480 e. The number of carboxylic acid groups (broad SMARTS) is 1. The van der Waals surface area contributed by atoms with Crippen LogP contribution in [0.1, 0.15) is 28.8 Å². The Labute approximate surface area is 247 Å². The second-order valence-corrected chi connectivity index (χ2v) is 9.16. The Morgan fingerprint density at radius 1 is 0.977 bits per heavy atom. The Morgan fingerprint density at radius 2 is 1.58 bits per heavy atom. The fourth-order valence-corrected chi connectivity index (χ4v) is 3.79. The number of guanidine groups is 1. The van der Waals surface area contributed by atoms with Gasteiger partial charge in [-0.25, -0.2) is 14.9 Å². The lowest BCUT2D eigenvalue weighted by Crippen LogP contribution is -2.57. The van der Waals surface area contributed by atoms with Crippen LogP contribution in [0.3, 0.4) is 0 Å². The molecule has 230 valence electrons. The number of benzene rings is 2. The molecule has 0 bridgehead atoms. The number of nitro groups is 1. The average molecular weight is 598 g/mol. The predicted molar refractivity (Wildman–Crippen MR) is 156 cm³/mol. The van der Waals surface area contributed by atoms with Crippen LogP contribution >= 0.6 is 0 Å². The number of hydrogen-bond acceptors (Lipinski definition) is 7. The van der Waals surface area contributed by atoms with Crippen LogP contribution in [0, 0.1) is 10.1 Å². The summed E-state index contributed by atoms with van der Waals surface area (Å²) in [6, 6.07) is 13.2. The molecule has 2 aromatic carbocycles. The molecule has 0 fully saturated rings. The Morgan fingerprint density at radius 3 is 2.19 bits per heavy atom. The van der Waals surface area contributed by atoms with Crippen LogP contribution in [0.5, 0.6) is 0 Å². The molecule has 3 amide bonds. The summed E-state index contributed by atoms with van der Waals surface area (Å²) in [5, 5.41) is 32.1. The number of nitrogens with two attached hydrogens (primary N) is 1. The Hall–Kier alpha value is -5.31. The molecule has 0 saturated heterocycles. The van der Waals surface area contributed by atoms with Gasteiger partial charge in [-0.3, -0.25) is 14.4 Å². The molecular formula is C28H35N7O8. The van der Waals surface area contributed by atoms with Gasteiger partial charge in [-0.1, -0.05) is 54.6 Å². The minimum atomic E-state index is -1.34. The molecule has 3 atom stereocenters. The van der Waals surface area contributed by atoms with E-state index in [-0.39, 0.29) is 39.0 Å². The summed E-state index contributed by atoms with van der Waals surface area (Å²) in [4.78, 5) is 61.7. The monoisotopic (exact) mass is 597 g/mol. The summed E-state index contributed by atoms with van der Waals surface area (Å²) in [6.07, 6.45) is 1.60. The lowest BCUT2D eigenvalue weighted by atomic mass is 10.0. The second-order valence-electron chi connectivity index (χ2n) is 9.16. The Bertz CT molecular complexity index is 1270. The third-order valence-corrected chi connectivity index (χ3v) is 5.87. The van der Waals surface area contributed by atoms with Crippen LogP contribution in [0.15, 0.2) is 78.4 Å². The minimum absolute atomic E-state index is 0.0209. The van der Waals surface area contributed by atoms with Crippen molar-refractivity contribution in [2.75, 3.05) is 19.8 Å². The fraction of sp³-hybridized carbons (Fsp3) is 0.321. The lowest BCUT2D eigenvalue weighted by Gasteiger charge is -2.25. The highest BCUT2D eigenvalue weighted by Crippen LogP contribution is 2.07. The van der Waals surface area contributed by atoms with Gasteiger partial charge >= 0.3 is 5.97 Å². The van der Waals surface area contributed by atoms with Gasteiger partial charge in [-0.15, -0.1) is 6.58 Å². The molecule has 2 rings (SSSR count). The molecule has 0 aromatic heterocycles. The SMILES string of the molecule is C=CCOCC(NC(=O)c1ccccc1)C(=O)NC(Cc1ccccc1)C(=O)NC(CCCN/C(N)=N/[N+](=O)[O-])C(=O)O. The Kier molecular flexibility index (Phi) is 14.3. The van der Waals surface area contributed by atoms with Gasteiger partial charge in [0.15, 0.2) is 5.03 Å². The van der Waals surface area contributed by atoms with Gasteiger partial charge in [0, 0.05) is 18.5 Å². The summed E-state index contributed by atoms with van der Waals surface area (Å²) in [7, 11) is 0. The van der Waals surface area contributed by atoms with Crippen molar-refractivity contribution in [2.24, 2.45) is 10.8 Å². The maximum atomic E-state index is 13.4. The van der Waals surface area contributed by atoms with Crippen molar-refractivity contribution < 1.29 is 34.1 Å². The third kappa shape index (κ3) is 12.8. The predicted octanol–water partition coefficient (Wildman–Crippen LogP) is 0.161. The summed E-state index contributed by atoms with van der Waals surface area (Å²) in [5.41, 5.74) is 6.35. The van der Waals surface area contributed by atoms with Gasteiger partial charge in [-0.2, -0.15) is 0 Å². The smallest absolute Gasteiger partial charge is 0.326 e. The normalized spacial score (nSPS) is 13.1. The van der Waals surface area contributed by atoms with Gasteiger partial charge in [0.25, 0.3) is 11.9 Å². The summed E-state index contributed by atoms with van der Waals surface area (Å²) in [6.45, 7) is 3.51. The maximum absolute atomic E-state index is 13.4. The molecule has 3 unspecified atom stereocenters. The molecule has 43 heavy (non-hydrogen) atoms. The first-order chi connectivity index (χ1) is 20.6. The van der Waals surface area contributed by atoms with E-state index in [2.05, 4.69) is 32.9 Å². The van der Waals surface area contributed by atoms with E-state index in [1.165, 1.54) is 6.08 Å². The largest absolute Gasteiger partial charge is 0.480 e. The molecule has 0 heterocycles. The third-order valence-electron chi connectivity index (χ3n) is 5.87. The standard InChI is InChI=1S/C28H35N7O8/c1-2-16-43-18-23(33-24(36)20-12-7-4-8-13-20)26(38)32-22(17-19-10-5-3-6-11-19)25(37)31-21(27(39)40)14-9-15-30-28(29)34-35(41)42/h2-8,10-13,21-23H,1,9,14-18H2,(H,31,37)(H,32,38)(H,33,36)(H,39,40)(H3,29,30,34). The molecule has 0 radical (unpaired) electrons. The van der Waals surface area contributed by atoms with Crippen molar-refractivity contribution in [1.29, 1.82) is 0 Å². The maximum Gasteiger partial charge on any atom is 0.326 e. The van der Waals surface area contributed by atoms with E-state index in [4.69, 9.17) is 10.5 Å². The molecule has 0 saturated carbocycles. The highest BCUT2D eigenvalue weighted by atomic mass is 16.7. The summed E-state index contributed by atoms with van der Waals surface area (Å²) >= 11 is 0. The van der Waals surface area contributed by atoms with Crippen molar-refractivity contribution >= 4 is 29.7 Å². The first-order valence-corrected chi connectivity index (χ1v) is 13.2. The Balaban J connectivity index is 2.17. The zero-order chi connectivity index (χ0) is 31.6. The molecule has 0 aliphatic carbocycles. The van der Waals surface area contributed by atoms with Gasteiger partial charge in [0.05, 0.1) is 13.2 Å². The molecule has 0 aliphatic heterocycles. The number of hydrazone groups is 1. The van der Waals surface area contributed by atoms with Crippen LogP contribution in [-0.2, 0) is 25.5 Å². The van der Waals surface area contributed by atoms with E-state index in [0.717, 1.165) is 0 Å². The van der Waals surface area contributed by atoms with Gasteiger partial charge in [0.2, 0.25) is 11.8 Å². The number of aliphatic carboxylic acids is 1. The molecule has 15 heteroatoms. The van der Waals surface area contributed by atoms with Crippen molar-refractivity contribution in [3.05, 3.63) is 94.6 Å². The van der Waals surface area contributed by atoms with E-state index < -0.39 is 52.8 Å². The number of rotatable bonds is 18. The summed E-state index contributed by atoms with van der Waals surface area (Å²) in [5.74, 6) is -3.79. The number of carboxylic acids is 1. The van der Waals surface area contributed by atoms with Crippen molar-refractivity contribution in [3.63, 3.8) is 0 Å². The molecule has 0 spiro atoms. The molecule has 0 aliphatic rings. The molecule has 2 aromatic rings. The van der Waals surface area contributed by atoms with E-state index in [0.29, 0.717) is 11.1 Å². The van der Waals surface area contributed by atoms with Crippen LogP contribution in [0.4, 0.5) is 0 Å². The average Bonchev–Trinajstić information content (AvgIpc) is 2.98. The zero-order valence-electron chi connectivity index (χ0n) is 23.3. The van der Waals surface area contributed by atoms with Gasteiger partial charge < -0.3 is 36.8 Å². The first-order valence-electron chi connectivity index (χ1n) is 13.2. The van der Waals surface area contributed by atoms with Crippen LogP contribution in [0.25, 0.3) is 0 Å². The highest BCUT2D eigenvalue weighted by Gasteiger charge is 2.30. The van der Waals surface area contributed by atoms with Crippen molar-refractivity contribution in [3.8, 4) is 0 Å². The molecular weight excluding hydrogens is 562 g/mol. The quantitative estimate of drug-likeness (QED) is 0.0341. The number of ether oxygens (including phenoxy) is 1. The van der Waals surface area contributed by atoms with E-state index in [1.54, 1.807) is 60.7 Å². The van der Waals surface area contributed by atoms with Crippen LogP contribution < -0.4 is 27.0 Å².